The van der Waals surface area contributed by atoms with Crippen molar-refractivity contribution in [3.05, 3.63) is 48.0 Å². The Morgan fingerprint density at radius 2 is 2.04 bits per heavy atom. The number of imidazole rings is 1. The van der Waals surface area contributed by atoms with Gasteiger partial charge in [-0.3, -0.25) is 0 Å². The van der Waals surface area contributed by atoms with Crippen LogP contribution in [0.3, 0.4) is 0 Å². The van der Waals surface area contributed by atoms with Crippen molar-refractivity contribution in [3.63, 3.8) is 0 Å². The number of thioether (sulfide) groups is 1. The van der Waals surface area contributed by atoms with Crippen molar-refractivity contribution in [1.82, 2.24) is 9.55 Å². The number of methoxy groups -OCH3 is 1. The molecule has 0 aliphatic rings. The first kappa shape index (κ1) is 19.7. The van der Waals surface area contributed by atoms with Gasteiger partial charge < -0.3 is 9.30 Å². The van der Waals surface area contributed by atoms with Gasteiger partial charge in [-0.1, -0.05) is 30.8 Å². The van der Waals surface area contributed by atoms with E-state index in [0.29, 0.717) is 5.52 Å². The van der Waals surface area contributed by atoms with E-state index in [-0.39, 0.29) is 10.1 Å². The molecule has 2 aromatic carbocycles. The van der Waals surface area contributed by atoms with E-state index < -0.39 is 10.0 Å². The highest BCUT2D eigenvalue weighted by Gasteiger charge is 2.18. The van der Waals surface area contributed by atoms with E-state index in [1.165, 1.54) is 12.1 Å². The number of ether oxygens (including phenoxy) is 1. The summed E-state index contributed by atoms with van der Waals surface area (Å²) in [5.74, 6) is 0.819. The number of nitrogens with zero attached hydrogens (tertiary/aromatic N) is 2. The standard InChI is InChI=1S/C19H23N3O3S2/c1-4-10-22-18-9-8-16(27(20,23)24)12-17(18)21-19(22)26-13(2)14-6-5-7-15(11-14)25-3/h5-9,11-13H,4,10H2,1-3H3,(H2,20,23,24)/t13-/m0/s1. The Hall–Kier alpha value is -2.03. The molecule has 1 atom stereocenters. The SMILES string of the molecule is CCCn1c(S[C@@H](C)c2cccc(OC)c2)nc2cc(S(N)(=O)=O)ccc21. The summed E-state index contributed by atoms with van der Waals surface area (Å²) < 4.78 is 30.7. The van der Waals surface area contributed by atoms with Crippen molar-refractivity contribution in [2.24, 2.45) is 5.14 Å². The minimum Gasteiger partial charge on any atom is -0.497 e. The van der Waals surface area contributed by atoms with Crippen molar-refractivity contribution in [3.8, 4) is 5.75 Å². The molecule has 3 aromatic rings. The fraction of sp³-hybridized carbons (Fsp3) is 0.316. The number of rotatable bonds is 7. The van der Waals surface area contributed by atoms with Gasteiger partial charge in [-0.25, -0.2) is 18.5 Å². The van der Waals surface area contributed by atoms with Crippen LogP contribution in [-0.2, 0) is 16.6 Å². The van der Waals surface area contributed by atoms with E-state index in [4.69, 9.17) is 9.88 Å². The predicted octanol–water partition coefficient (Wildman–Crippen LogP) is 3.96. The Labute approximate surface area is 163 Å². The third kappa shape index (κ3) is 4.28. The number of fused-ring (bicyclic) bond motifs is 1. The van der Waals surface area contributed by atoms with Gasteiger partial charge in [-0.2, -0.15) is 0 Å². The molecule has 0 bridgehead atoms. The van der Waals surface area contributed by atoms with Crippen LogP contribution in [0.4, 0.5) is 0 Å². The maximum absolute atomic E-state index is 11.6. The van der Waals surface area contributed by atoms with E-state index in [1.54, 1.807) is 24.9 Å². The maximum Gasteiger partial charge on any atom is 0.238 e. The molecule has 8 heteroatoms. The van der Waals surface area contributed by atoms with Gasteiger partial charge in [0.05, 0.1) is 23.0 Å². The fourth-order valence-electron chi connectivity index (χ4n) is 2.91. The van der Waals surface area contributed by atoms with Gasteiger partial charge >= 0.3 is 0 Å². The van der Waals surface area contributed by atoms with Gasteiger partial charge in [0.25, 0.3) is 0 Å². The lowest BCUT2D eigenvalue weighted by Gasteiger charge is -2.14. The molecule has 27 heavy (non-hydrogen) atoms. The number of aromatic nitrogens is 2. The molecule has 0 amide bonds. The number of hydrogen-bond donors (Lipinski definition) is 1. The van der Waals surface area contributed by atoms with Crippen LogP contribution >= 0.6 is 11.8 Å². The molecule has 1 aromatic heterocycles. The van der Waals surface area contributed by atoms with Gasteiger partial charge in [0.1, 0.15) is 5.75 Å². The van der Waals surface area contributed by atoms with Gasteiger partial charge in [0.2, 0.25) is 10.0 Å². The molecule has 0 saturated carbocycles. The lowest BCUT2D eigenvalue weighted by molar-refractivity contribution is 0.414. The topological polar surface area (TPSA) is 87.2 Å². The van der Waals surface area contributed by atoms with Crippen molar-refractivity contribution < 1.29 is 13.2 Å². The highest BCUT2D eigenvalue weighted by Crippen LogP contribution is 2.37. The summed E-state index contributed by atoms with van der Waals surface area (Å²) in [6, 6.07) is 12.8. The lowest BCUT2D eigenvalue weighted by atomic mass is 10.1. The molecule has 0 fully saturated rings. The second kappa shape index (κ2) is 7.92. The van der Waals surface area contributed by atoms with Crippen LogP contribution in [0.5, 0.6) is 5.75 Å². The molecule has 2 N–H and O–H groups in total. The Bertz CT molecular complexity index is 1060. The number of hydrogen-bond acceptors (Lipinski definition) is 5. The zero-order valence-electron chi connectivity index (χ0n) is 15.5. The molecular weight excluding hydrogens is 382 g/mol. The monoisotopic (exact) mass is 405 g/mol. The number of primary sulfonamides is 1. The number of sulfonamides is 1. The highest BCUT2D eigenvalue weighted by atomic mass is 32.2. The van der Waals surface area contributed by atoms with Gasteiger partial charge in [-0.05, 0) is 49.2 Å². The Kier molecular flexibility index (Phi) is 5.78. The number of benzene rings is 2. The van der Waals surface area contributed by atoms with Crippen LogP contribution in [0.15, 0.2) is 52.5 Å². The minimum absolute atomic E-state index is 0.0774. The summed E-state index contributed by atoms with van der Waals surface area (Å²) in [5.41, 5.74) is 2.68. The normalized spacial score (nSPS) is 13.0. The fourth-order valence-corrected chi connectivity index (χ4v) is 4.52. The van der Waals surface area contributed by atoms with Crippen molar-refractivity contribution in [1.29, 1.82) is 0 Å². The van der Waals surface area contributed by atoms with Crippen LogP contribution in [0, 0.1) is 0 Å². The molecule has 0 aliphatic carbocycles. The summed E-state index contributed by atoms with van der Waals surface area (Å²) in [5, 5.41) is 6.27. The van der Waals surface area contributed by atoms with Crippen LogP contribution < -0.4 is 9.88 Å². The minimum atomic E-state index is -3.75. The summed E-state index contributed by atoms with van der Waals surface area (Å²) in [7, 11) is -2.10. The first-order chi connectivity index (χ1) is 12.8. The van der Waals surface area contributed by atoms with E-state index in [0.717, 1.165) is 35.0 Å². The highest BCUT2D eigenvalue weighted by molar-refractivity contribution is 7.99. The average Bonchev–Trinajstić information content (AvgIpc) is 2.98. The summed E-state index contributed by atoms with van der Waals surface area (Å²) in [6.45, 7) is 5.02. The molecule has 3 rings (SSSR count). The van der Waals surface area contributed by atoms with Gasteiger partial charge in [-0.15, -0.1) is 0 Å². The van der Waals surface area contributed by atoms with Crippen molar-refractivity contribution >= 4 is 32.8 Å². The second-order valence-electron chi connectivity index (χ2n) is 6.28. The van der Waals surface area contributed by atoms with Gasteiger partial charge in [0.15, 0.2) is 5.16 Å². The predicted molar refractivity (Wildman–Crippen MR) is 109 cm³/mol. The Morgan fingerprint density at radius 3 is 2.70 bits per heavy atom. The first-order valence-electron chi connectivity index (χ1n) is 8.67. The Balaban J connectivity index is 2.00. The zero-order valence-corrected chi connectivity index (χ0v) is 17.2. The molecule has 6 nitrogen and oxygen atoms in total. The molecule has 0 radical (unpaired) electrons. The van der Waals surface area contributed by atoms with E-state index in [1.807, 2.05) is 18.2 Å². The maximum atomic E-state index is 11.6. The molecule has 0 saturated heterocycles. The third-order valence-corrected chi connectivity index (χ3v) is 6.37. The number of nitrogens with two attached hydrogens (primary N) is 1. The molecule has 0 unspecified atom stereocenters. The lowest BCUT2D eigenvalue weighted by Crippen LogP contribution is -2.11. The quantitative estimate of drug-likeness (QED) is 0.601. The largest absolute Gasteiger partial charge is 0.497 e. The first-order valence-corrected chi connectivity index (χ1v) is 11.1. The molecule has 0 aliphatic heterocycles. The average molecular weight is 406 g/mol. The summed E-state index contributed by atoms with van der Waals surface area (Å²) in [4.78, 5) is 4.77. The van der Waals surface area contributed by atoms with Crippen LogP contribution in [-0.4, -0.2) is 25.1 Å². The van der Waals surface area contributed by atoms with E-state index in [2.05, 4.69) is 29.5 Å². The molecule has 1 heterocycles. The molecule has 0 spiro atoms. The van der Waals surface area contributed by atoms with E-state index >= 15 is 0 Å². The second-order valence-corrected chi connectivity index (χ2v) is 9.15. The van der Waals surface area contributed by atoms with Crippen LogP contribution in [0.1, 0.15) is 31.1 Å². The molecular formula is C19H23N3O3S2. The number of aryl methyl sites for hydroxylation is 1. The zero-order chi connectivity index (χ0) is 19.6. The summed E-state index contributed by atoms with van der Waals surface area (Å²) >= 11 is 1.64. The van der Waals surface area contributed by atoms with Crippen molar-refractivity contribution in [2.75, 3.05) is 7.11 Å². The summed E-state index contributed by atoms with van der Waals surface area (Å²) in [6.07, 6.45) is 0.948. The Morgan fingerprint density at radius 1 is 1.26 bits per heavy atom. The smallest absolute Gasteiger partial charge is 0.238 e. The van der Waals surface area contributed by atoms with E-state index in [9.17, 15) is 8.42 Å². The van der Waals surface area contributed by atoms with Crippen molar-refractivity contribution in [2.45, 2.75) is 42.1 Å². The molecule has 144 valence electrons. The van der Waals surface area contributed by atoms with Crippen LogP contribution in [0.2, 0.25) is 0 Å². The van der Waals surface area contributed by atoms with Gasteiger partial charge in [0, 0.05) is 11.8 Å². The van der Waals surface area contributed by atoms with Crippen LogP contribution in [0.25, 0.3) is 11.0 Å². The third-order valence-electron chi connectivity index (χ3n) is 4.31.